The maximum absolute atomic E-state index is 3.64. The monoisotopic (exact) mass is 441 g/mol. The molecule has 0 radical (unpaired) electrons. The van der Waals surface area contributed by atoms with Crippen LogP contribution in [0.5, 0.6) is 0 Å². The van der Waals surface area contributed by atoms with Crippen LogP contribution in [0.4, 0.5) is 5.69 Å². The van der Waals surface area contributed by atoms with E-state index < -0.39 is 0 Å². The second-order valence-electron chi connectivity index (χ2n) is 5.53. The van der Waals surface area contributed by atoms with E-state index in [2.05, 4.69) is 93.2 Å². The summed E-state index contributed by atoms with van der Waals surface area (Å²) < 4.78 is 2.51. The summed E-state index contributed by atoms with van der Waals surface area (Å²) in [5, 5.41) is 3.64. The molecule has 0 unspecified atom stereocenters. The Kier molecular flexibility index (Phi) is 4.36. The van der Waals surface area contributed by atoms with E-state index in [1.807, 2.05) is 0 Å². The van der Waals surface area contributed by atoms with Crippen LogP contribution >= 0.6 is 38.5 Å². The number of hydrogen-bond acceptors (Lipinski definition) is 1. The zero-order chi connectivity index (χ0) is 14.1. The molecule has 0 bridgehead atoms. The summed E-state index contributed by atoms with van der Waals surface area (Å²) in [7, 11) is 0. The van der Waals surface area contributed by atoms with Gasteiger partial charge in [-0.3, -0.25) is 0 Å². The van der Waals surface area contributed by atoms with Gasteiger partial charge in [-0.15, -0.1) is 0 Å². The third-order valence-corrected chi connectivity index (χ3v) is 5.66. The zero-order valence-corrected chi connectivity index (χ0v) is 15.1. The smallest absolute Gasteiger partial charge is 0.0353 e. The summed E-state index contributed by atoms with van der Waals surface area (Å²) in [6, 6.07) is 15.9. The summed E-state index contributed by atoms with van der Waals surface area (Å²) >= 11 is 5.95. The Morgan fingerprint density at radius 1 is 1.15 bits per heavy atom. The van der Waals surface area contributed by atoms with E-state index in [1.54, 1.807) is 0 Å². The lowest BCUT2D eigenvalue weighted by Gasteiger charge is -2.37. The van der Waals surface area contributed by atoms with Crippen molar-refractivity contribution in [3.05, 3.63) is 61.6 Å². The summed E-state index contributed by atoms with van der Waals surface area (Å²) in [6.45, 7) is 2.15. The quantitative estimate of drug-likeness (QED) is 0.600. The number of nitrogens with one attached hydrogen (secondary N) is 1. The maximum Gasteiger partial charge on any atom is 0.0353 e. The molecule has 1 fully saturated rings. The fraction of sp³-hybridized carbons (Fsp3) is 0.294. The highest BCUT2D eigenvalue weighted by Gasteiger charge is 2.30. The van der Waals surface area contributed by atoms with Gasteiger partial charge in [0, 0.05) is 19.8 Å². The van der Waals surface area contributed by atoms with Crippen molar-refractivity contribution < 1.29 is 0 Å². The highest BCUT2D eigenvalue weighted by molar-refractivity contribution is 14.1. The van der Waals surface area contributed by atoms with Gasteiger partial charge in [0.15, 0.2) is 0 Å². The van der Waals surface area contributed by atoms with E-state index in [-0.39, 0.29) is 0 Å². The lowest BCUT2D eigenvalue weighted by atomic mass is 9.76. The average molecular weight is 442 g/mol. The van der Waals surface area contributed by atoms with Crippen LogP contribution in [0.3, 0.4) is 0 Å². The molecule has 1 aliphatic carbocycles. The highest BCUT2D eigenvalue weighted by Crippen LogP contribution is 2.39. The molecule has 0 atom stereocenters. The van der Waals surface area contributed by atoms with E-state index in [0.717, 1.165) is 0 Å². The Balaban J connectivity index is 1.59. The number of rotatable bonds is 3. The fourth-order valence-electron chi connectivity index (χ4n) is 2.69. The third-order valence-electron chi connectivity index (χ3n) is 4.00. The van der Waals surface area contributed by atoms with E-state index in [9.17, 15) is 0 Å². The normalized spacial score (nSPS) is 21.4. The Morgan fingerprint density at radius 2 is 1.95 bits per heavy atom. The molecule has 0 amide bonds. The van der Waals surface area contributed by atoms with Crippen LogP contribution in [0.1, 0.15) is 29.9 Å². The first-order valence-electron chi connectivity index (χ1n) is 6.90. The van der Waals surface area contributed by atoms with Crippen molar-refractivity contribution in [2.75, 3.05) is 5.32 Å². The Labute approximate surface area is 142 Å². The van der Waals surface area contributed by atoms with Crippen LogP contribution in [-0.2, 0) is 0 Å². The van der Waals surface area contributed by atoms with Gasteiger partial charge in [-0.2, -0.15) is 0 Å². The van der Waals surface area contributed by atoms with Crippen molar-refractivity contribution in [2.24, 2.45) is 0 Å². The molecule has 104 valence electrons. The number of aryl methyl sites for hydroxylation is 1. The molecule has 0 spiro atoms. The average Bonchev–Trinajstić information content (AvgIpc) is 2.37. The molecule has 3 heteroatoms. The fourth-order valence-corrected chi connectivity index (χ4v) is 3.62. The van der Waals surface area contributed by atoms with Crippen molar-refractivity contribution >= 4 is 44.2 Å². The van der Waals surface area contributed by atoms with Crippen molar-refractivity contribution in [2.45, 2.75) is 31.7 Å². The predicted octanol–water partition coefficient (Wildman–Crippen LogP) is 5.72. The second-order valence-corrected chi connectivity index (χ2v) is 7.61. The van der Waals surface area contributed by atoms with Gasteiger partial charge in [0.2, 0.25) is 0 Å². The van der Waals surface area contributed by atoms with Crippen LogP contribution in [-0.4, -0.2) is 6.04 Å². The van der Waals surface area contributed by atoms with E-state index in [4.69, 9.17) is 0 Å². The third kappa shape index (κ3) is 3.19. The number of hydrogen-bond donors (Lipinski definition) is 1. The van der Waals surface area contributed by atoms with Gasteiger partial charge in [-0.05, 0) is 83.7 Å². The Bertz CT molecular complexity index is 620. The molecule has 1 aliphatic rings. The molecule has 1 N–H and O–H groups in total. The first-order valence-corrected chi connectivity index (χ1v) is 8.77. The number of halogens is 2. The van der Waals surface area contributed by atoms with Gasteiger partial charge in [0.05, 0.1) is 0 Å². The first kappa shape index (κ1) is 14.4. The number of benzene rings is 2. The molecule has 20 heavy (non-hydrogen) atoms. The molecular weight excluding hydrogens is 425 g/mol. The second kappa shape index (κ2) is 6.06. The van der Waals surface area contributed by atoms with Crippen molar-refractivity contribution in [1.29, 1.82) is 0 Å². The Morgan fingerprint density at radius 3 is 2.65 bits per heavy atom. The van der Waals surface area contributed by atoms with Gasteiger partial charge in [0.1, 0.15) is 0 Å². The molecule has 0 heterocycles. The van der Waals surface area contributed by atoms with Gasteiger partial charge in [-0.25, -0.2) is 0 Å². The minimum Gasteiger partial charge on any atom is -0.382 e. The van der Waals surface area contributed by atoms with Gasteiger partial charge < -0.3 is 5.32 Å². The molecule has 0 saturated heterocycles. The minimum absolute atomic E-state index is 0.609. The van der Waals surface area contributed by atoms with Crippen LogP contribution in [0.15, 0.2) is 46.9 Å². The largest absolute Gasteiger partial charge is 0.382 e. The van der Waals surface area contributed by atoms with E-state index >= 15 is 0 Å². The van der Waals surface area contributed by atoms with Gasteiger partial charge in [0.25, 0.3) is 0 Å². The lowest BCUT2D eigenvalue weighted by molar-refractivity contribution is 0.374. The molecular formula is C17H17BrIN. The van der Waals surface area contributed by atoms with Gasteiger partial charge in [-0.1, -0.05) is 34.1 Å². The molecule has 2 aromatic rings. The zero-order valence-electron chi connectivity index (χ0n) is 11.4. The summed E-state index contributed by atoms with van der Waals surface area (Å²) in [5.41, 5.74) is 4.05. The minimum atomic E-state index is 0.609. The van der Waals surface area contributed by atoms with E-state index in [1.165, 1.54) is 37.7 Å². The Hall–Kier alpha value is -0.550. The summed E-state index contributed by atoms with van der Waals surface area (Å²) in [5.74, 6) is 0.703. The van der Waals surface area contributed by atoms with Crippen LogP contribution in [0, 0.1) is 10.5 Å². The summed E-state index contributed by atoms with van der Waals surface area (Å²) in [4.78, 5) is 0. The van der Waals surface area contributed by atoms with Crippen molar-refractivity contribution in [3.63, 3.8) is 0 Å². The highest BCUT2D eigenvalue weighted by atomic mass is 127. The van der Waals surface area contributed by atoms with E-state index in [0.29, 0.717) is 12.0 Å². The first-order chi connectivity index (χ1) is 9.61. The topological polar surface area (TPSA) is 12.0 Å². The van der Waals surface area contributed by atoms with Crippen LogP contribution in [0.2, 0.25) is 0 Å². The van der Waals surface area contributed by atoms with Crippen molar-refractivity contribution in [1.82, 2.24) is 0 Å². The van der Waals surface area contributed by atoms with Crippen LogP contribution in [0.25, 0.3) is 0 Å². The molecule has 3 rings (SSSR count). The molecule has 0 aromatic heterocycles. The SMILES string of the molecule is Cc1ccc(NC2CC(c3cccc(Br)c3)C2)cc1I. The number of anilines is 1. The van der Waals surface area contributed by atoms with Crippen LogP contribution < -0.4 is 5.32 Å². The molecule has 0 aliphatic heterocycles. The maximum atomic E-state index is 3.64. The summed E-state index contributed by atoms with van der Waals surface area (Å²) in [6.07, 6.45) is 2.45. The van der Waals surface area contributed by atoms with Crippen molar-refractivity contribution in [3.8, 4) is 0 Å². The molecule has 1 saturated carbocycles. The molecule has 2 aromatic carbocycles. The standard InChI is InChI=1S/C17H17BrIN/c1-11-5-6-15(10-17(11)19)20-16-8-13(9-16)12-3-2-4-14(18)7-12/h2-7,10,13,16,20H,8-9H2,1H3. The van der Waals surface area contributed by atoms with Gasteiger partial charge >= 0.3 is 0 Å². The molecule has 1 nitrogen and oxygen atoms in total. The predicted molar refractivity (Wildman–Crippen MR) is 97.4 cm³/mol. The lowest BCUT2D eigenvalue weighted by Crippen LogP contribution is -2.34.